The van der Waals surface area contributed by atoms with E-state index in [0.29, 0.717) is 22.2 Å². The molecule has 1 N–H and O–H groups in total. The number of pyridine rings is 1. The first-order valence-corrected chi connectivity index (χ1v) is 4.53. The summed E-state index contributed by atoms with van der Waals surface area (Å²) in [4.78, 5) is 2.86. The molecule has 1 aromatic heterocycles. The Morgan fingerprint density at radius 2 is 2.33 bits per heavy atom. The van der Waals surface area contributed by atoms with Crippen LogP contribution in [0.3, 0.4) is 0 Å². The molecule has 0 spiro atoms. The Morgan fingerprint density at radius 3 is 2.92 bits per heavy atom. The number of rotatable bonds is 3. The zero-order chi connectivity index (χ0) is 8.97. The fourth-order valence-corrected chi connectivity index (χ4v) is 1.28. The third kappa shape index (κ3) is 2.83. The number of aromatic amines is 1. The van der Waals surface area contributed by atoms with Gasteiger partial charge in [0.1, 0.15) is 5.15 Å². The standard InChI is InChI=1S/C8H10ClNOS/c1-2-3-11-8-5-6(12)4-7(9)10-8/h4-5H,2-3H2,1H3,(H,10,12). The van der Waals surface area contributed by atoms with Crippen LogP contribution in [0.4, 0.5) is 0 Å². The number of hydrogen-bond acceptors (Lipinski definition) is 2. The van der Waals surface area contributed by atoms with E-state index in [1.54, 1.807) is 12.1 Å². The van der Waals surface area contributed by atoms with E-state index in [4.69, 9.17) is 28.6 Å². The van der Waals surface area contributed by atoms with Gasteiger partial charge in [0, 0.05) is 10.6 Å². The van der Waals surface area contributed by atoms with Crippen molar-refractivity contribution in [1.82, 2.24) is 4.98 Å². The van der Waals surface area contributed by atoms with Gasteiger partial charge in [0.25, 0.3) is 0 Å². The number of H-pyrrole nitrogens is 1. The normalized spacial score (nSPS) is 9.83. The minimum absolute atomic E-state index is 0.508. The number of hydrogen-bond donors (Lipinski definition) is 1. The van der Waals surface area contributed by atoms with Gasteiger partial charge in [-0.25, -0.2) is 0 Å². The van der Waals surface area contributed by atoms with Gasteiger partial charge >= 0.3 is 0 Å². The van der Waals surface area contributed by atoms with Gasteiger partial charge in [-0.1, -0.05) is 30.7 Å². The maximum absolute atomic E-state index is 5.73. The van der Waals surface area contributed by atoms with E-state index in [2.05, 4.69) is 4.98 Å². The second-order valence-electron chi connectivity index (χ2n) is 2.38. The fourth-order valence-electron chi connectivity index (χ4n) is 0.775. The molecule has 0 saturated carbocycles. The van der Waals surface area contributed by atoms with Crippen LogP contribution in [0.5, 0.6) is 5.88 Å². The summed E-state index contributed by atoms with van der Waals surface area (Å²) in [6, 6.07) is 3.42. The zero-order valence-electron chi connectivity index (χ0n) is 6.76. The van der Waals surface area contributed by atoms with Crippen molar-refractivity contribution in [3.05, 3.63) is 21.8 Å². The monoisotopic (exact) mass is 203 g/mol. The van der Waals surface area contributed by atoms with Crippen LogP contribution in [0.25, 0.3) is 0 Å². The van der Waals surface area contributed by atoms with E-state index < -0.39 is 0 Å². The summed E-state index contributed by atoms with van der Waals surface area (Å²) >= 11 is 10.7. The van der Waals surface area contributed by atoms with Crippen LogP contribution in [0.1, 0.15) is 13.3 Å². The zero-order valence-corrected chi connectivity index (χ0v) is 8.34. The highest BCUT2D eigenvalue weighted by molar-refractivity contribution is 7.71. The summed E-state index contributed by atoms with van der Waals surface area (Å²) < 4.78 is 6.00. The molecule has 1 heterocycles. The number of aromatic nitrogens is 1. The van der Waals surface area contributed by atoms with E-state index in [1.807, 2.05) is 6.92 Å². The van der Waals surface area contributed by atoms with Crippen LogP contribution in [0, 0.1) is 4.51 Å². The number of ether oxygens (including phenoxy) is 1. The van der Waals surface area contributed by atoms with Crippen molar-refractivity contribution < 1.29 is 4.74 Å². The molecule has 0 atom stereocenters. The van der Waals surface area contributed by atoms with Gasteiger partial charge in [0.2, 0.25) is 0 Å². The first kappa shape index (κ1) is 9.55. The number of halogens is 1. The average molecular weight is 204 g/mol. The van der Waals surface area contributed by atoms with Gasteiger partial charge in [0.05, 0.1) is 6.61 Å². The minimum Gasteiger partial charge on any atom is -0.479 e. The van der Waals surface area contributed by atoms with Crippen molar-refractivity contribution in [3.63, 3.8) is 0 Å². The van der Waals surface area contributed by atoms with Crippen molar-refractivity contribution in [2.24, 2.45) is 0 Å². The van der Waals surface area contributed by atoms with Gasteiger partial charge in [-0.3, -0.25) is 0 Å². The van der Waals surface area contributed by atoms with Crippen LogP contribution in [0.2, 0.25) is 5.15 Å². The molecule has 0 bridgehead atoms. The van der Waals surface area contributed by atoms with E-state index >= 15 is 0 Å². The average Bonchev–Trinajstić information content (AvgIpc) is 1.99. The van der Waals surface area contributed by atoms with E-state index in [0.717, 1.165) is 6.42 Å². The molecule has 0 unspecified atom stereocenters. The van der Waals surface area contributed by atoms with Crippen LogP contribution >= 0.6 is 23.8 Å². The number of nitrogens with one attached hydrogen (secondary N) is 1. The molecule has 4 heteroatoms. The molecule has 0 aromatic carbocycles. The molecule has 0 amide bonds. The van der Waals surface area contributed by atoms with Crippen LogP contribution < -0.4 is 4.74 Å². The molecule has 0 aliphatic carbocycles. The quantitative estimate of drug-likeness (QED) is 0.603. The molecule has 1 aromatic rings. The lowest BCUT2D eigenvalue weighted by molar-refractivity contribution is 0.305. The molecule has 0 aliphatic rings. The predicted molar refractivity (Wildman–Crippen MR) is 52.4 cm³/mol. The Morgan fingerprint density at radius 1 is 1.58 bits per heavy atom. The largest absolute Gasteiger partial charge is 0.479 e. The van der Waals surface area contributed by atoms with Gasteiger partial charge in [0.15, 0.2) is 5.88 Å². The summed E-state index contributed by atoms with van der Waals surface area (Å²) in [5, 5.41) is 0.508. The maximum atomic E-state index is 5.73. The molecule has 0 fully saturated rings. The van der Waals surface area contributed by atoms with Crippen LogP contribution in [0.15, 0.2) is 12.1 Å². The molecule has 0 saturated heterocycles. The van der Waals surface area contributed by atoms with Gasteiger partial charge in [-0.15, -0.1) is 0 Å². The smallest absolute Gasteiger partial charge is 0.193 e. The van der Waals surface area contributed by atoms with Crippen molar-refractivity contribution >= 4 is 23.8 Å². The van der Waals surface area contributed by atoms with Crippen LogP contribution in [-0.4, -0.2) is 11.6 Å². The Kier molecular flexibility index (Phi) is 3.56. The third-order valence-corrected chi connectivity index (χ3v) is 1.69. The summed E-state index contributed by atoms with van der Waals surface area (Å²) in [6.07, 6.45) is 0.965. The lowest BCUT2D eigenvalue weighted by Gasteiger charge is -2.03. The Bertz CT molecular complexity index is 310. The second kappa shape index (κ2) is 4.48. The van der Waals surface area contributed by atoms with Crippen molar-refractivity contribution in [3.8, 4) is 5.88 Å². The molecule has 66 valence electrons. The highest BCUT2D eigenvalue weighted by Crippen LogP contribution is 2.13. The lowest BCUT2D eigenvalue weighted by atomic mass is 10.5. The van der Waals surface area contributed by atoms with E-state index in [9.17, 15) is 0 Å². The first-order chi connectivity index (χ1) is 5.72. The first-order valence-electron chi connectivity index (χ1n) is 3.75. The maximum Gasteiger partial charge on any atom is 0.193 e. The summed E-state index contributed by atoms with van der Waals surface area (Å²) in [5.41, 5.74) is 0. The second-order valence-corrected chi connectivity index (χ2v) is 3.26. The van der Waals surface area contributed by atoms with Gasteiger partial charge in [-0.2, -0.15) is 0 Å². The highest BCUT2D eigenvalue weighted by atomic mass is 35.5. The highest BCUT2D eigenvalue weighted by Gasteiger charge is 1.94. The van der Waals surface area contributed by atoms with Crippen LogP contribution in [-0.2, 0) is 0 Å². The Labute approximate surface area is 81.5 Å². The lowest BCUT2D eigenvalue weighted by Crippen LogP contribution is -1.96. The summed E-state index contributed by atoms with van der Waals surface area (Å²) in [6.45, 7) is 2.71. The van der Waals surface area contributed by atoms with Crippen molar-refractivity contribution in [1.29, 1.82) is 0 Å². The Balaban J connectivity index is 2.79. The van der Waals surface area contributed by atoms with E-state index in [1.165, 1.54) is 0 Å². The Hall–Kier alpha value is -0.540. The molecule has 0 aliphatic heterocycles. The summed E-state index contributed by atoms with van der Waals surface area (Å²) in [7, 11) is 0. The molecular formula is C8H10ClNOS. The van der Waals surface area contributed by atoms with Crippen molar-refractivity contribution in [2.75, 3.05) is 6.61 Å². The molecule has 12 heavy (non-hydrogen) atoms. The van der Waals surface area contributed by atoms with Gasteiger partial charge in [-0.05, 0) is 12.5 Å². The third-order valence-electron chi connectivity index (χ3n) is 1.25. The molecular weight excluding hydrogens is 194 g/mol. The topological polar surface area (TPSA) is 25.0 Å². The summed E-state index contributed by atoms with van der Waals surface area (Å²) in [5.74, 6) is 0.634. The molecule has 1 rings (SSSR count). The van der Waals surface area contributed by atoms with Crippen molar-refractivity contribution in [2.45, 2.75) is 13.3 Å². The SMILES string of the molecule is CCCOc1cc(=S)cc(Cl)[nH]1. The molecule has 0 radical (unpaired) electrons. The predicted octanol–water partition coefficient (Wildman–Crippen LogP) is 3.19. The molecule has 2 nitrogen and oxygen atoms in total. The van der Waals surface area contributed by atoms with Gasteiger partial charge < -0.3 is 9.72 Å². The minimum atomic E-state index is 0.508. The van der Waals surface area contributed by atoms with E-state index in [-0.39, 0.29) is 0 Å². The fraction of sp³-hybridized carbons (Fsp3) is 0.375.